The molecule has 0 saturated carbocycles. The van der Waals surface area contributed by atoms with E-state index in [1.54, 1.807) is 46.4 Å². The molecule has 107 heavy (non-hydrogen) atoms. The molecule has 0 amide bonds. The predicted octanol–water partition coefficient (Wildman–Crippen LogP) is 10.3. The number of fused-ring (bicyclic) bond motifs is 1. The maximum absolute atomic E-state index is 12.9. The van der Waals surface area contributed by atoms with E-state index in [1.807, 2.05) is 127 Å². The molecule has 556 valence electrons. The van der Waals surface area contributed by atoms with Crippen molar-refractivity contribution >= 4 is 40.6 Å². The minimum absolute atomic E-state index is 0.0403. The lowest BCUT2D eigenvalue weighted by Crippen LogP contribution is -2.42. The molecule has 26 nitrogen and oxygen atoms in total. The highest BCUT2D eigenvalue weighted by Gasteiger charge is 2.19. The number of benzene rings is 4. The first-order valence-corrected chi connectivity index (χ1v) is 34.9. The third-order valence-corrected chi connectivity index (χ3v) is 15.3. The zero-order chi connectivity index (χ0) is 78.0. The topological polar surface area (TPSA) is 330 Å². The van der Waals surface area contributed by atoms with Gasteiger partial charge in [-0.15, -0.1) is 6.42 Å². The van der Waals surface area contributed by atoms with Gasteiger partial charge in [0.25, 0.3) is 11.1 Å². The zero-order valence-electron chi connectivity index (χ0n) is 62.4. The highest BCUT2D eigenvalue weighted by Crippen LogP contribution is 2.19. The van der Waals surface area contributed by atoms with Crippen molar-refractivity contribution in [2.24, 2.45) is 0 Å². The van der Waals surface area contributed by atoms with Gasteiger partial charge in [0.05, 0.1) is 60.3 Å². The van der Waals surface area contributed by atoms with Crippen LogP contribution >= 0.6 is 0 Å². The van der Waals surface area contributed by atoms with Crippen LogP contribution in [0.4, 0.5) is 11.5 Å². The lowest BCUT2D eigenvalue weighted by atomic mass is 10.2. The van der Waals surface area contributed by atoms with E-state index in [-0.39, 0.29) is 45.9 Å². The lowest BCUT2D eigenvalue weighted by Gasteiger charge is -2.13. The second kappa shape index (κ2) is 42.4. The van der Waals surface area contributed by atoms with Gasteiger partial charge >= 0.3 is 29.3 Å². The van der Waals surface area contributed by atoms with E-state index in [2.05, 4.69) is 110 Å². The largest absolute Gasteiger partial charge is 0.478 e. The van der Waals surface area contributed by atoms with Crippen LogP contribution in [0, 0.1) is 82.5 Å². The van der Waals surface area contributed by atoms with Gasteiger partial charge in [-0.3, -0.25) is 46.6 Å². The fourth-order valence-corrected chi connectivity index (χ4v) is 9.73. The summed E-state index contributed by atoms with van der Waals surface area (Å²) in [5.74, 6) is 19.6. The molecule has 0 saturated heterocycles. The third kappa shape index (κ3) is 25.3. The Labute approximate surface area is 621 Å². The molecule has 0 fully saturated rings. The molecular weight excluding hydrogens is 1360 g/mol. The molecule has 4 aromatic carbocycles. The highest BCUT2D eigenvalue weighted by atomic mass is 16.5. The fraction of sp³-hybridized carbons (Fsp3) is 0.309. The summed E-state index contributed by atoms with van der Waals surface area (Å²) >= 11 is 0. The molecule has 7 aromatic heterocycles. The van der Waals surface area contributed by atoms with Gasteiger partial charge in [-0.05, 0) is 111 Å². The quantitative estimate of drug-likeness (QED) is 0.0458. The predicted molar refractivity (Wildman–Crippen MR) is 415 cm³/mol. The average molecular weight is 1450 g/mol. The number of carbonyl (C=O) groups is 3. The number of anilines is 2. The lowest BCUT2D eigenvalue weighted by molar-refractivity contribution is 0.0516. The smallest absolute Gasteiger partial charge is 0.341 e. The molecule has 11 aromatic rings. The maximum atomic E-state index is 12.9. The Kier molecular flexibility index (Phi) is 32.8. The number of hydrogen-bond acceptors (Lipinski definition) is 16. The summed E-state index contributed by atoms with van der Waals surface area (Å²) in [4.78, 5) is 90.3. The van der Waals surface area contributed by atoms with Crippen LogP contribution in [0.15, 0.2) is 166 Å². The first kappa shape index (κ1) is 82.8. The van der Waals surface area contributed by atoms with Crippen molar-refractivity contribution in [3.63, 3.8) is 0 Å². The third-order valence-electron chi connectivity index (χ3n) is 15.3. The number of carbonyl (C=O) groups excluding carboxylic acids is 2. The molecule has 6 N–H and O–H groups in total. The van der Waals surface area contributed by atoms with Crippen molar-refractivity contribution in [3.05, 3.63) is 250 Å². The second-order valence-corrected chi connectivity index (χ2v) is 24.2. The number of carboxylic acid groups (broad SMARTS) is 1. The number of hydrogen-bond donors (Lipinski definition) is 4. The van der Waals surface area contributed by atoms with E-state index in [1.165, 1.54) is 71.1 Å². The van der Waals surface area contributed by atoms with Crippen molar-refractivity contribution in [2.45, 2.75) is 154 Å². The Bertz CT molecular complexity index is 5230. The number of ether oxygens (including phenoxy) is 2. The number of terminal acetylenes is 1. The Balaban J connectivity index is 0.000000211. The van der Waals surface area contributed by atoms with Gasteiger partial charge in [0.1, 0.15) is 49.0 Å². The van der Waals surface area contributed by atoms with E-state index in [4.69, 9.17) is 32.5 Å². The number of nitrogens with one attached hydrogen (secondary N) is 1. The number of aryl methyl sites for hydroxylation is 6. The molecule has 0 spiro atoms. The normalized spacial score (nSPS) is 10.1. The van der Waals surface area contributed by atoms with Gasteiger partial charge < -0.3 is 31.0 Å². The monoisotopic (exact) mass is 1450 g/mol. The summed E-state index contributed by atoms with van der Waals surface area (Å²) in [6.07, 6.45) is 20.4. The standard InChI is InChI=1S/C24H26N6O2.C16H16N2O2.C14H12N2O2.C10H18N4O2.C9H10N2O2.C8H10/c1-4-12-29-22-20(23(31)30(13-5-2)24(29)32)26-21(27-22)19-15-25-28(16-19)14-6-7-18-10-8-17(3)9-11-18;1-3-20-16(19)15-11-17-18(12-15)10-4-5-14-8-6-13(2)7-9-14;1-11-4-6-12(7-5-11)3-2-8-16-10-13(9-15-16)14(17)18;1-3-5-13-8(12)7(11)9(15)14(6-4-2)10(13)16;1-3-5-11-7-8(6-10-11)9(12)13-4-2;1-7-3-5-8(2)6-4-7/h8-11,15-16H,4-5,12-14H2,1-3H3,(H,26,27);6-9,11-12H,3,10H2,1-2H3;4-7,9-10H,8H2,1H3,(H,17,18);3-6,11-12H2,1-2H3;1,6-7H,4-5H2,2H3;3-6H,1-2H3. The molecule has 11 rings (SSSR count). The van der Waals surface area contributed by atoms with Gasteiger partial charge in [-0.1, -0.05) is 158 Å². The van der Waals surface area contributed by atoms with Crippen LogP contribution in [0.25, 0.3) is 22.6 Å². The minimum Gasteiger partial charge on any atom is -0.478 e. The van der Waals surface area contributed by atoms with E-state index in [0.29, 0.717) is 107 Å². The van der Waals surface area contributed by atoms with Gasteiger partial charge in [0.2, 0.25) is 0 Å². The van der Waals surface area contributed by atoms with Gasteiger partial charge in [0, 0.05) is 67.7 Å². The zero-order valence-corrected chi connectivity index (χ0v) is 62.4. The molecule has 0 bridgehead atoms. The van der Waals surface area contributed by atoms with Crippen molar-refractivity contribution < 1.29 is 29.0 Å². The molecule has 0 aliphatic carbocycles. The number of aromatic nitrogens is 14. The Morgan fingerprint density at radius 1 is 0.467 bits per heavy atom. The number of esters is 2. The van der Waals surface area contributed by atoms with Crippen molar-refractivity contribution in [3.8, 4) is 59.3 Å². The summed E-state index contributed by atoms with van der Waals surface area (Å²) in [6, 6.07) is 32.4. The summed E-state index contributed by atoms with van der Waals surface area (Å²) in [6.45, 7) is 25.6. The molecule has 0 atom stereocenters. The van der Waals surface area contributed by atoms with Crippen LogP contribution in [-0.4, -0.2) is 104 Å². The van der Waals surface area contributed by atoms with Crippen molar-refractivity contribution in [2.75, 3.05) is 24.7 Å². The Morgan fingerprint density at radius 3 is 1.21 bits per heavy atom. The van der Waals surface area contributed by atoms with E-state index >= 15 is 0 Å². The van der Waals surface area contributed by atoms with E-state index in [9.17, 15) is 33.6 Å². The fourth-order valence-electron chi connectivity index (χ4n) is 9.73. The molecular formula is C81H92N16O10. The molecule has 26 heteroatoms. The van der Waals surface area contributed by atoms with Crippen LogP contribution in [0.3, 0.4) is 0 Å². The molecule has 0 aliphatic heterocycles. The molecule has 0 unspecified atom stereocenters. The van der Waals surface area contributed by atoms with Crippen LogP contribution in [0.1, 0.15) is 143 Å². The first-order chi connectivity index (χ1) is 51.4. The number of imidazole rings is 1. The SMILES string of the molecule is C#CCn1cc(C(=O)OCC)cn1.CCCn1c(=O)c2[nH]c(-c3cnn(CC#Cc4ccc(C)cc4)c3)nc2n(CCC)c1=O.CCCn1c(N)c(N)c(=O)n(CCC)c1=O.CCOC(=O)c1cnn(CC#Cc2ccc(C)cc2)c1.Cc1ccc(C#CCn2cc(C(=O)O)cn2)cc1.Cc1ccc(C)cc1. The molecule has 7 heterocycles. The van der Waals surface area contributed by atoms with Gasteiger partial charge in [-0.25, -0.2) is 29.0 Å². The van der Waals surface area contributed by atoms with Crippen LogP contribution in [0.2, 0.25) is 0 Å². The molecule has 0 aliphatic rings. The van der Waals surface area contributed by atoms with Crippen molar-refractivity contribution in [1.82, 2.24) is 67.4 Å². The number of rotatable bonds is 18. The number of nitrogens with zero attached hydrogens (tertiary/aromatic N) is 13. The average Bonchev–Trinajstić information content (AvgIpc) is 1.59. The summed E-state index contributed by atoms with van der Waals surface area (Å²) in [7, 11) is 0. The second-order valence-electron chi connectivity index (χ2n) is 24.2. The Hall–Kier alpha value is -13.2. The number of nitrogens with two attached hydrogens (primary N) is 2. The van der Waals surface area contributed by atoms with Gasteiger partial charge in [0.15, 0.2) is 5.65 Å². The van der Waals surface area contributed by atoms with Crippen LogP contribution in [-0.2, 0) is 61.8 Å². The Morgan fingerprint density at radius 2 is 0.813 bits per heavy atom. The number of aromatic carboxylic acids is 1. The number of nitrogen functional groups attached to an aromatic ring is 2. The number of aromatic amines is 1. The van der Waals surface area contributed by atoms with Crippen molar-refractivity contribution in [1.29, 1.82) is 0 Å². The van der Waals surface area contributed by atoms with Gasteiger partial charge in [-0.2, -0.15) is 20.4 Å². The maximum Gasteiger partial charge on any atom is 0.341 e. The first-order valence-electron chi connectivity index (χ1n) is 34.9. The molecule has 0 radical (unpaired) electrons. The summed E-state index contributed by atoms with van der Waals surface area (Å²) < 4.78 is 21.4. The minimum atomic E-state index is -0.979. The van der Waals surface area contributed by atoms with Crippen LogP contribution in [0.5, 0.6) is 0 Å². The van der Waals surface area contributed by atoms with E-state index in [0.717, 1.165) is 39.7 Å². The number of carboxylic acids is 1. The number of H-pyrrole nitrogens is 1. The van der Waals surface area contributed by atoms with E-state index < -0.39 is 11.5 Å². The summed E-state index contributed by atoms with van der Waals surface area (Å²) in [5, 5.41) is 25.0. The highest BCUT2D eigenvalue weighted by molar-refractivity contribution is 5.89. The summed E-state index contributed by atoms with van der Waals surface area (Å²) in [5.41, 5.74) is 21.3. The van der Waals surface area contributed by atoms with Crippen LogP contribution < -0.4 is 34.0 Å².